The van der Waals surface area contributed by atoms with E-state index < -0.39 is 0 Å². The number of hydrogen-bond acceptors (Lipinski definition) is 4. The summed E-state index contributed by atoms with van der Waals surface area (Å²) in [5, 5.41) is 4.44. The maximum absolute atomic E-state index is 11.5. The molecule has 0 heterocycles. The van der Waals surface area contributed by atoms with E-state index in [0.29, 0.717) is 11.6 Å². The highest BCUT2D eigenvalue weighted by molar-refractivity contribution is 9.10. The number of esters is 1. The van der Waals surface area contributed by atoms with Crippen molar-refractivity contribution >= 4 is 33.7 Å². The van der Waals surface area contributed by atoms with Crippen LogP contribution in [0.25, 0.3) is 0 Å². The minimum Gasteiger partial charge on any atom is -0.465 e. The molecule has 1 N–H and O–H groups in total. The lowest BCUT2D eigenvalue weighted by Gasteiger charge is -2.29. The lowest BCUT2D eigenvalue weighted by molar-refractivity contribution is 0.0600. The molecule has 3 nitrogen and oxygen atoms in total. The molecule has 0 radical (unpaired) electrons. The zero-order valence-electron chi connectivity index (χ0n) is 12.5. The highest BCUT2D eigenvalue weighted by Crippen LogP contribution is 2.27. The summed E-state index contributed by atoms with van der Waals surface area (Å²) in [5.41, 5.74) is 1.75. The molecule has 0 amide bonds. The van der Waals surface area contributed by atoms with Gasteiger partial charge >= 0.3 is 5.97 Å². The van der Waals surface area contributed by atoms with Gasteiger partial charge in [-0.2, -0.15) is 11.8 Å². The number of hydrogen-bond donors (Lipinski definition) is 1. The monoisotopic (exact) mass is 371 g/mol. The van der Waals surface area contributed by atoms with E-state index in [1.165, 1.54) is 38.4 Å². The highest BCUT2D eigenvalue weighted by atomic mass is 79.9. The van der Waals surface area contributed by atoms with Crippen LogP contribution in [0.4, 0.5) is 0 Å². The van der Waals surface area contributed by atoms with Gasteiger partial charge < -0.3 is 10.1 Å². The van der Waals surface area contributed by atoms with Crippen LogP contribution in [0, 0.1) is 0 Å². The number of benzene rings is 1. The van der Waals surface area contributed by atoms with Gasteiger partial charge in [0.05, 0.1) is 12.7 Å². The van der Waals surface area contributed by atoms with E-state index in [1.54, 1.807) is 0 Å². The van der Waals surface area contributed by atoms with Gasteiger partial charge in [-0.25, -0.2) is 4.79 Å². The summed E-state index contributed by atoms with van der Waals surface area (Å²) in [4.78, 5) is 11.5. The molecule has 1 aliphatic carbocycles. The van der Waals surface area contributed by atoms with Crippen molar-refractivity contribution in [3.8, 4) is 0 Å². The van der Waals surface area contributed by atoms with Crippen molar-refractivity contribution in [2.24, 2.45) is 0 Å². The largest absolute Gasteiger partial charge is 0.465 e. The zero-order valence-corrected chi connectivity index (χ0v) is 14.9. The van der Waals surface area contributed by atoms with Crippen molar-refractivity contribution in [2.45, 2.75) is 43.5 Å². The van der Waals surface area contributed by atoms with Gasteiger partial charge in [0.2, 0.25) is 0 Å². The van der Waals surface area contributed by atoms with Crippen LogP contribution in [0.5, 0.6) is 0 Å². The van der Waals surface area contributed by atoms with Gasteiger partial charge in [0.1, 0.15) is 0 Å². The predicted molar refractivity (Wildman–Crippen MR) is 91.9 cm³/mol. The van der Waals surface area contributed by atoms with E-state index in [0.717, 1.165) is 16.3 Å². The number of nitrogens with one attached hydrogen (secondary N) is 1. The number of methoxy groups -OCH3 is 1. The Morgan fingerprint density at radius 2 is 2.29 bits per heavy atom. The summed E-state index contributed by atoms with van der Waals surface area (Å²) >= 11 is 5.52. The van der Waals surface area contributed by atoms with Gasteiger partial charge in [-0.05, 0) is 43.2 Å². The molecule has 0 aliphatic heterocycles. The zero-order chi connectivity index (χ0) is 15.2. The van der Waals surface area contributed by atoms with Crippen LogP contribution in [0.2, 0.25) is 0 Å². The second-order valence-corrected chi connectivity index (χ2v) is 7.39. The van der Waals surface area contributed by atoms with Crippen LogP contribution in [0.3, 0.4) is 0 Å². The van der Waals surface area contributed by atoms with Gasteiger partial charge in [-0.15, -0.1) is 0 Å². The first-order valence-electron chi connectivity index (χ1n) is 7.27. The van der Waals surface area contributed by atoms with Crippen molar-refractivity contribution in [3.05, 3.63) is 33.8 Å². The fourth-order valence-corrected chi connectivity index (χ4v) is 4.08. The summed E-state index contributed by atoms with van der Waals surface area (Å²) in [7, 11) is 1.40. The Morgan fingerprint density at radius 1 is 1.48 bits per heavy atom. The molecule has 116 valence electrons. The Bertz CT molecular complexity index is 495. The molecule has 1 aromatic rings. The second-order valence-electron chi connectivity index (χ2n) is 5.40. The molecule has 0 bridgehead atoms. The Balaban J connectivity index is 1.92. The van der Waals surface area contributed by atoms with E-state index in [1.807, 2.05) is 30.0 Å². The molecule has 2 rings (SSSR count). The summed E-state index contributed by atoms with van der Waals surface area (Å²) < 4.78 is 5.69. The van der Waals surface area contributed by atoms with Crippen LogP contribution in [-0.2, 0) is 11.3 Å². The van der Waals surface area contributed by atoms with E-state index in [2.05, 4.69) is 27.5 Å². The van der Waals surface area contributed by atoms with Crippen molar-refractivity contribution < 1.29 is 9.53 Å². The lowest BCUT2D eigenvalue weighted by atomic mass is 9.95. The fraction of sp³-hybridized carbons (Fsp3) is 0.562. The van der Waals surface area contributed by atoms with E-state index in [-0.39, 0.29) is 5.97 Å². The maximum atomic E-state index is 11.5. The van der Waals surface area contributed by atoms with Crippen LogP contribution >= 0.6 is 27.7 Å². The SMILES string of the molecule is COC(=O)c1ccc(CNC2CCCC(SC)C2)c(Br)c1. The molecule has 0 aromatic heterocycles. The molecule has 5 heteroatoms. The molecular weight excluding hydrogens is 350 g/mol. The minimum atomic E-state index is -0.301. The lowest BCUT2D eigenvalue weighted by Crippen LogP contribution is -2.34. The Labute approximate surface area is 139 Å². The number of halogens is 1. The molecule has 1 aromatic carbocycles. The average molecular weight is 372 g/mol. The highest BCUT2D eigenvalue weighted by Gasteiger charge is 2.21. The third-order valence-corrected chi connectivity index (χ3v) is 5.85. The summed E-state index contributed by atoms with van der Waals surface area (Å²) in [6.07, 6.45) is 7.37. The van der Waals surface area contributed by atoms with Crippen LogP contribution in [0.15, 0.2) is 22.7 Å². The standard InChI is InChI=1S/C16H22BrNO2S/c1-20-16(19)11-6-7-12(15(17)8-11)10-18-13-4-3-5-14(9-13)21-2/h6-8,13-14,18H,3-5,9-10H2,1-2H3. The quantitative estimate of drug-likeness (QED) is 0.793. The number of ether oxygens (including phenoxy) is 1. The van der Waals surface area contributed by atoms with Crippen LogP contribution in [-0.4, -0.2) is 30.6 Å². The fourth-order valence-electron chi connectivity index (χ4n) is 2.73. The minimum absolute atomic E-state index is 0.301. The van der Waals surface area contributed by atoms with Gasteiger partial charge in [0.25, 0.3) is 0 Å². The molecule has 2 atom stereocenters. The summed E-state index contributed by atoms with van der Waals surface area (Å²) in [6.45, 7) is 0.827. The summed E-state index contributed by atoms with van der Waals surface area (Å²) in [6, 6.07) is 6.23. The average Bonchev–Trinajstić information content (AvgIpc) is 2.53. The van der Waals surface area contributed by atoms with Crippen molar-refractivity contribution in [2.75, 3.05) is 13.4 Å². The van der Waals surface area contributed by atoms with Crippen LogP contribution in [0.1, 0.15) is 41.6 Å². The molecule has 0 spiro atoms. The van der Waals surface area contributed by atoms with Gasteiger partial charge in [0.15, 0.2) is 0 Å². The Morgan fingerprint density at radius 3 is 2.95 bits per heavy atom. The Hall–Kier alpha value is -0.520. The van der Waals surface area contributed by atoms with Gasteiger partial charge in [-0.3, -0.25) is 0 Å². The normalized spacial score (nSPS) is 22.0. The number of carbonyl (C=O) groups is 1. The number of rotatable bonds is 5. The summed E-state index contributed by atoms with van der Waals surface area (Å²) in [5.74, 6) is -0.301. The van der Waals surface area contributed by atoms with Crippen LogP contribution < -0.4 is 5.32 Å². The smallest absolute Gasteiger partial charge is 0.337 e. The molecule has 21 heavy (non-hydrogen) atoms. The topological polar surface area (TPSA) is 38.3 Å². The van der Waals surface area contributed by atoms with Crippen molar-refractivity contribution in [1.29, 1.82) is 0 Å². The second kappa shape index (κ2) is 8.20. The first kappa shape index (κ1) is 16.8. The predicted octanol–water partition coefficient (Wildman–Crippen LogP) is 4.00. The molecule has 1 aliphatic rings. The third kappa shape index (κ3) is 4.73. The van der Waals surface area contributed by atoms with Crippen molar-refractivity contribution in [1.82, 2.24) is 5.32 Å². The Kier molecular flexibility index (Phi) is 6.58. The molecular formula is C16H22BrNO2S. The first-order valence-corrected chi connectivity index (χ1v) is 9.35. The molecule has 1 saturated carbocycles. The van der Waals surface area contributed by atoms with E-state index >= 15 is 0 Å². The van der Waals surface area contributed by atoms with Gasteiger partial charge in [0, 0.05) is 22.3 Å². The first-order chi connectivity index (χ1) is 10.1. The molecule has 2 unspecified atom stereocenters. The number of thioether (sulfide) groups is 1. The van der Waals surface area contributed by atoms with E-state index in [9.17, 15) is 4.79 Å². The van der Waals surface area contributed by atoms with E-state index in [4.69, 9.17) is 4.74 Å². The third-order valence-electron chi connectivity index (χ3n) is 4.01. The maximum Gasteiger partial charge on any atom is 0.337 e. The molecule has 0 saturated heterocycles. The molecule has 1 fully saturated rings. The number of carbonyl (C=O) groups excluding carboxylic acids is 1. The van der Waals surface area contributed by atoms with Crippen molar-refractivity contribution in [3.63, 3.8) is 0 Å². The van der Waals surface area contributed by atoms with Gasteiger partial charge in [-0.1, -0.05) is 28.4 Å².